The summed E-state index contributed by atoms with van der Waals surface area (Å²) >= 11 is 0. The van der Waals surface area contributed by atoms with Crippen molar-refractivity contribution in [1.29, 1.82) is 0 Å². The van der Waals surface area contributed by atoms with Crippen LogP contribution in [0, 0.1) is 0 Å². The van der Waals surface area contributed by atoms with Gasteiger partial charge < -0.3 is 11.5 Å². The molecule has 1 fully saturated rings. The molecular weight excluding hydrogens is 202 g/mol. The summed E-state index contributed by atoms with van der Waals surface area (Å²) in [5.74, 6) is -0.620. The van der Waals surface area contributed by atoms with Gasteiger partial charge in [-0.05, 0) is 19.5 Å². The molecule has 6 N–H and O–H groups in total. The molecule has 1 aromatic rings. The van der Waals surface area contributed by atoms with Gasteiger partial charge in [0.25, 0.3) is 0 Å². The summed E-state index contributed by atoms with van der Waals surface area (Å²) < 4.78 is 0. The SMILES string of the molecule is CN1C(N)NC(c2ccccc2)NC1(C)N. The summed E-state index contributed by atoms with van der Waals surface area (Å²) in [4.78, 5) is 1.85. The van der Waals surface area contributed by atoms with Crippen LogP contribution >= 0.6 is 0 Å². The van der Waals surface area contributed by atoms with Gasteiger partial charge in [0.2, 0.25) is 0 Å². The standard InChI is InChI=1S/C11H19N5/c1-11(13)15-9(14-10(12)16(11)2)8-6-4-3-5-7-8/h3-7,9-10,14-15H,12-13H2,1-2H3. The van der Waals surface area contributed by atoms with Gasteiger partial charge in [-0.1, -0.05) is 30.3 Å². The molecule has 16 heavy (non-hydrogen) atoms. The highest BCUT2D eigenvalue weighted by atomic mass is 15.5. The zero-order valence-electron chi connectivity index (χ0n) is 9.64. The van der Waals surface area contributed by atoms with Crippen molar-refractivity contribution in [1.82, 2.24) is 15.5 Å². The first-order valence-electron chi connectivity index (χ1n) is 5.37. The van der Waals surface area contributed by atoms with Gasteiger partial charge in [-0.2, -0.15) is 0 Å². The summed E-state index contributed by atoms with van der Waals surface area (Å²) in [5, 5.41) is 6.55. The largest absolute Gasteiger partial charge is 0.303 e. The molecule has 1 aliphatic rings. The molecule has 0 aromatic heterocycles. The van der Waals surface area contributed by atoms with Crippen molar-refractivity contribution in [2.75, 3.05) is 7.05 Å². The fourth-order valence-corrected chi connectivity index (χ4v) is 1.83. The van der Waals surface area contributed by atoms with Crippen LogP contribution in [0.1, 0.15) is 18.7 Å². The molecule has 5 nitrogen and oxygen atoms in total. The molecule has 0 spiro atoms. The zero-order valence-corrected chi connectivity index (χ0v) is 9.64. The first-order valence-corrected chi connectivity index (χ1v) is 5.37. The Balaban J connectivity index is 2.20. The van der Waals surface area contributed by atoms with Crippen molar-refractivity contribution in [3.63, 3.8) is 0 Å². The fraction of sp³-hybridized carbons (Fsp3) is 0.455. The second kappa shape index (κ2) is 4.12. The lowest BCUT2D eigenvalue weighted by molar-refractivity contribution is -0.0197. The van der Waals surface area contributed by atoms with Gasteiger partial charge in [-0.25, -0.2) is 4.90 Å². The Morgan fingerprint density at radius 3 is 2.50 bits per heavy atom. The van der Waals surface area contributed by atoms with Gasteiger partial charge in [0.1, 0.15) is 12.1 Å². The van der Waals surface area contributed by atoms with Crippen molar-refractivity contribution in [3.8, 4) is 0 Å². The molecule has 1 aromatic carbocycles. The second-order valence-corrected chi connectivity index (χ2v) is 4.36. The van der Waals surface area contributed by atoms with E-state index >= 15 is 0 Å². The second-order valence-electron chi connectivity index (χ2n) is 4.36. The van der Waals surface area contributed by atoms with E-state index < -0.39 is 5.79 Å². The minimum absolute atomic E-state index is 0.0256. The molecule has 5 heteroatoms. The van der Waals surface area contributed by atoms with Crippen LogP contribution in [-0.2, 0) is 0 Å². The minimum atomic E-state index is -0.620. The fourth-order valence-electron chi connectivity index (χ4n) is 1.83. The number of hydrogen-bond acceptors (Lipinski definition) is 5. The lowest BCUT2D eigenvalue weighted by atomic mass is 10.1. The number of nitrogens with two attached hydrogens (primary N) is 2. The molecule has 88 valence electrons. The van der Waals surface area contributed by atoms with E-state index in [1.807, 2.05) is 49.2 Å². The maximum atomic E-state index is 6.13. The Kier molecular flexibility index (Phi) is 2.96. The lowest BCUT2D eigenvalue weighted by Gasteiger charge is -2.48. The number of nitrogens with zero attached hydrogens (tertiary/aromatic N) is 1. The molecule has 3 unspecified atom stereocenters. The van der Waals surface area contributed by atoms with Crippen molar-refractivity contribution < 1.29 is 0 Å². The lowest BCUT2D eigenvalue weighted by Crippen LogP contribution is -2.76. The number of hydrogen-bond donors (Lipinski definition) is 4. The summed E-state index contributed by atoms with van der Waals surface area (Å²) in [6.07, 6.45) is -0.288. The monoisotopic (exact) mass is 221 g/mol. The first kappa shape index (κ1) is 11.5. The highest BCUT2D eigenvalue weighted by Gasteiger charge is 2.36. The summed E-state index contributed by atoms with van der Waals surface area (Å²) in [6.45, 7) is 1.91. The van der Waals surface area contributed by atoms with Gasteiger partial charge in [0.15, 0.2) is 0 Å². The Labute approximate surface area is 95.8 Å². The molecule has 1 heterocycles. The van der Waals surface area contributed by atoms with E-state index in [0.717, 1.165) is 5.56 Å². The quantitative estimate of drug-likeness (QED) is 0.523. The first-order chi connectivity index (χ1) is 7.50. The number of nitrogens with one attached hydrogen (secondary N) is 2. The molecule has 0 bridgehead atoms. The third kappa shape index (κ3) is 2.09. The highest BCUT2D eigenvalue weighted by molar-refractivity contribution is 5.19. The van der Waals surface area contributed by atoms with Crippen LogP contribution in [0.25, 0.3) is 0 Å². The van der Waals surface area contributed by atoms with E-state index in [1.165, 1.54) is 0 Å². The summed E-state index contributed by atoms with van der Waals surface area (Å²) in [5.41, 5.74) is 13.2. The van der Waals surface area contributed by atoms with Gasteiger partial charge in [-0.3, -0.25) is 10.6 Å². The van der Waals surface area contributed by atoms with Crippen molar-refractivity contribution in [3.05, 3.63) is 35.9 Å². The molecule has 0 radical (unpaired) electrons. The van der Waals surface area contributed by atoms with Crippen LogP contribution < -0.4 is 22.1 Å². The van der Waals surface area contributed by atoms with Crippen LogP contribution in [-0.4, -0.2) is 24.0 Å². The Morgan fingerprint density at radius 2 is 1.94 bits per heavy atom. The Morgan fingerprint density at radius 1 is 1.31 bits per heavy atom. The third-order valence-electron chi connectivity index (χ3n) is 3.06. The Bertz CT molecular complexity index is 351. The number of rotatable bonds is 1. The van der Waals surface area contributed by atoms with Gasteiger partial charge in [-0.15, -0.1) is 0 Å². The molecule has 1 saturated heterocycles. The molecule has 1 aliphatic heterocycles. The minimum Gasteiger partial charge on any atom is -0.303 e. The molecule has 0 saturated carbocycles. The molecule has 3 atom stereocenters. The molecule has 0 aliphatic carbocycles. The van der Waals surface area contributed by atoms with Crippen LogP contribution in [0.4, 0.5) is 0 Å². The molecule has 0 amide bonds. The van der Waals surface area contributed by atoms with E-state index in [4.69, 9.17) is 11.5 Å². The van der Waals surface area contributed by atoms with Crippen molar-refractivity contribution in [2.45, 2.75) is 25.2 Å². The maximum absolute atomic E-state index is 6.13. The molecular formula is C11H19N5. The summed E-state index contributed by atoms with van der Waals surface area (Å²) in [6, 6.07) is 10.1. The van der Waals surface area contributed by atoms with E-state index in [0.29, 0.717) is 0 Å². The smallest absolute Gasteiger partial charge is 0.123 e. The predicted octanol–water partition coefficient (Wildman–Crippen LogP) is -0.315. The van der Waals surface area contributed by atoms with Gasteiger partial charge in [0.05, 0.1) is 6.17 Å². The zero-order chi connectivity index (χ0) is 11.8. The highest BCUT2D eigenvalue weighted by Crippen LogP contribution is 2.19. The van der Waals surface area contributed by atoms with Crippen molar-refractivity contribution >= 4 is 0 Å². The van der Waals surface area contributed by atoms with Crippen molar-refractivity contribution in [2.24, 2.45) is 11.5 Å². The van der Waals surface area contributed by atoms with Crippen LogP contribution in [0.15, 0.2) is 30.3 Å². The number of benzene rings is 1. The average Bonchev–Trinajstić information content (AvgIpc) is 2.26. The third-order valence-corrected chi connectivity index (χ3v) is 3.06. The van der Waals surface area contributed by atoms with E-state index in [1.54, 1.807) is 0 Å². The maximum Gasteiger partial charge on any atom is 0.123 e. The van der Waals surface area contributed by atoms with E-state index in [2.05, 4.69) is 10.6 Å². The van der Waals surface area contributed by atoms with E-state index in [-0.39, 0.29) is 12.5 Å². The van der Waals surface area contributed by atoms with Gasteiger partial charge in [0, 0.05) is 0 Å². The normalized spacial score (nSPS) is 36.2. The Hall–Kier alpha value is -0.980. The van der Waals surface area contributed by atoms with Gasteiger partial charge >= 0.3 is 0 Å². The average molecular weight is 221 g/mol. The predicted molar refractivity (Wildman–Crippen MR) is 63.8 cm³/mol. The van der Waals surface area contributed by atoms with Crippen LogP contribution in [0.5, 0.6) is 0 Å². The van der Waals surface area contributed by atoms with Crippen LogP contribution in [0.2, 0.25) is 0 Å². The summed E-state index contributed by atoms with van der Waals surface area (Å²) in [7, 11) is 1.88. The van der Waals surface area contributed by atoms with E-state index in [9.17, 15) is 0 Å². The van der Waals surface area contributed by atoms with Crippen LogP contribution in [0.3, 0.4) is 0 Å². The molecule has 2 rings (SSSR count). The topological polar surface area (TPSA) is 79.3 Å².